The molecule has 0 saturated heterocycles. The number of hydrogen-bond acceptors (Lipinski definition) is 5. The maximum atomic E-state index is 11.9. The van der Waals surface area contributed by atoms with E-state index in [9.17, 15) is 9.59 Å². The lowest BCUT2D eigenvalue weighted by atomic mass is 9.94. The van der Waals surface area contributed by atoms with Crippen LogP contribution in [0, 0.1) is 0 Å². The molecule has 1 atom stereocenters. The molecule has 0 radical (unpaired) electrons. The minimum absolute atomic E-state index is 0.0801. The Morgan fingerprint density at radius 3 is 2.62 bits per heavy atom. The van der Waals surface area contributed by atoms with Crippen molar-refractivity contribution in [1.82, 2.24) is 9.78 Å². The molecule has 29 heavy (non-hydrogen) atoms. The Labute approximate surface area is 171 Å². The van der Waals surface area contributed by atoms with Gasteiger partial charge in [0.15, 0.2) is 0 Å². The molecule has 0 spiro atoms. The normalized spacial score (nSPS) is 15.4. The summed E-state index contributed by atoms with van der Waals surface area (Å²) >= 11 is 0. The van der Waals surface area contributed by atoms with Crippen molar-refractivity contribution in [2.45, 2.75) is 59.2 Å². The van der Waals surface area contributed by atoms with Gasteiger partial charge >= 0.3 is 6.09 Å². The van der Waals surface area contributed by atoms with E-state index >= 15 is 0 Å². The molecule has 158 valence electrons. The van der Waals surface area contributed by atoms with Crippen molar-refractivity contribution in [2.24, 2.45) is 5.73 Å². The monoisotopic (exact) mass is 402 g/mol. The number of nitrogens with two attached hydrogens (primary N) is 1. The average molecular weight is 402 g/mol. The quantitative estimate of drug-likeness (QED) is 0.817. The van der Waals surface area contributed by atoms with Crippen LogP contribution in [0.5, 0.6) is 0 Å². The summed E-state index contributed by atoms with van der Waals surface area (Å²) in [6, 6.07) is 6.47. The van der Waals surface area contributed by atoms with E-state index in [0.29, 0.717) is 6.54 Å². The van der Waals surface area contributed by atoms with Crippen LogP contribution >= 0.6 is 0 Å². The second-order valence-electron chi connectivity index (χ2n) is 7.32. The maximum Gasteiger partial charge on any atom is 0.404 e. The molecule has 1 aromatic carbocycles. The first-order chi connectivity index (χ1) is 13.7. The highest BCUT2D eigenvalue weighted by Crippen LogP contribution is 2.34. The summed E-state index contributed by atoms with van der Waals surface area (Å²) in [6.45, 7) is 7.78. The minimum atomic E-state index is -0.713. The van der Waals surface area contributed by atoms with Crippen molar-refractivity contribution in [3.63, 3.8) is 0 Å². The molecule has 8 nitrogen and oxygen atoms in total. The number of nitrogens with zero attached hydrogens (tertiary/aromatic N) is 3. The van der Waals surface area contributed by atoms with Gasteiger partial charge in [-0.3, -0.25) is 9.48 Å². The fraction of sp³-hybridized carbons (Fsp3) is 0.476. The SMILES string of the molecule is CC(=O)N1c2ccc(-c3cnn(CCO)c3)cc2CC[C@@H]1C.CC(C)OC(N)=O. The molecule has 8 heteroatoms. The zero-order valence-electron chi connectivity index (χ0n) is 17.5. The third-order valence-corrected chi connectivity index (χ3v) is 4.60. The van der Waals surface area contributed by atoms with E-state index in [0.717, 1.165) is 29.7 Å². The average Bonchev–Trinajstić information content (AvgIpc) is 3.09. The molecule has 2 aromatic rings. The first kappa shape index (κ1) is 22.4. The molecule has 0 bridgehead atoms. The summed E-state index contributed by atoms with van der Waals surface area (Å²) in [7, 11) is 0. The third kappa shape index (κ3) is 6.05. The Morgan fingerprint density at radius 1 is 1.34 bits per heavy atom. The molecule has 1 aliphatic heterocycles. The molecule has 0 saturated carbocycles. The van der Waals surface area contributed by atoms with Gasteiger partial charge in [-0.25, -0.2) is 4.79 Å². The lowest BCUT2D eigenvalue weighted by molar-refractivity contribution is -0.117. The van der Waals surface area contributed by atoms with E-state index in [-0.39, 0.29) is 24.7 Å². The number of aromatic nitrogens is 2. The van der Waals surface area contributed by atoms with Crippen molar-refractivity contribution in [3.8, 4) is 11.1 Å². The number of primary amides is 1. The zero-order valence-corrected chi connectivity index (χ0v) is 17.5. The van der Waals surface area contributed by atoms with Gasteiger partial charge in [-0.05, 0) is 56.9 Å². The Morgan fingerprint density at radius 2 is 2.07 bits per heavy atom. The van der Waals surface area contributed by atoms with Crippen LogP contribution in [0.4, 0.5) is 10.5 Å². The van der Waals surface area contributed by atoms with Crippen molar-refractivity contribution in [2.75, 3.05) is 11.5 Å². The molecule has 1 aliphatic rings. The first-order valence-corrected chi connectivity index (χ1v) is 9.75. The molecule has 3 rings (SSSR count). The van der Waals surface area contributed by atoms with Crippen molar-refractivity contribution >= 4 is 17.7 Å². The standard InChI is InChI=1S/C17H21N3O2.C4H9NO2/c1-12-3-4-15-9-14(5-6-17(15)20(12)13(2)22)16-10-18-19(11-16)7-8-21;1-3(2)7-4(5)6/h5-6,9-12,21H,3-4,7-8H2,1-2H3;3H,1-2H3,(H2,5,6)/t12-;/m0./s1. The number of amides is 2. The minimum Gasteiger partial charge on any atom is -0.447 e. The van der Waals surface area contributed by atoms with Crippen LogP contribution in [0.25, 0.3) is 11.1 Å². The van der Waals surface area contributed by atoms with E-state index in [2.05, 4.69) is 28.6 Å². The number of ether oxygens (including phenoxy) is 1. The van der Waals surface area contributed by atoms with Gasteiger partial charge in [-0.2, -0.15) is 5.10 Å². The van der Waals surface area contributed by atoms with Gasteiger partial charge in [0.05, 0.1) is 25.5 Å². The summed E-state index contributed by atoms with van der Waals surface area (Å²) in [6.07, 6.45) is 4.91. The van der Waals surface area contributed by atoms with Crippen LogP contribution in [-0.2, 0) is 22.5 Å². The van der Waals surface area contributed by atoms with Gasteiger partial charge in [0.2, 0.25) is 5.91 Å². The highest BCUT2D eigenvalue weighted by Gasteiger charge is 2.26. The predicted octanol–water partition coefficient (Wildman–Crippen LogP) is 2.72. The van der Waals surface area contributed by atoms with Gasteiger partial charge in [0.25, 0.3) is 0 Å². The summed E-state index contributed by atoms with van der Waals surface area (Å²) in [4.78, 5) is 23.6. The third-order valence-electron chi connectivity index (χ3n) is 4.60. The summed E-state index contributed by atoms with van der Waals surface area (Å²) < 4.78 is 6.12. The van der Waals surface area contributed by atoms with E-state index < -0.39 is 6.09 Å². The van der Waals surface area contributed by atoms with Gasteiger partial charge in [-0.1, -0.05) is 6.07 Å². The van der Waals surface area contributed by atoms with Gasteiger partial charge in [0, 0.05) is 30.4 Å². The fourth-order valence-corrected chi connectivity index (χ4v) is 3.38. The topological polar surface area (TPSA) is 111 Å². The van der Waals surface area contributed by atoms with Crippen LogP contribution in [0.15, 0.2) is 30.6 Å². The van der Waals surface area contributed by atoms with Crippen molar-refractivity contribution in [1.29, 1.82) is 0 Å². The number of benzene rings is 1. The summed E-state index contributed by atoms with van der Waals surface area (Å²) in [5.74, 6) is 0.0944. The lowest BCUT2D eigenvalue weighted by Gasteiger charge is -2.34. The molecule has 2 heterocycles. The van der Waals surface area contributed by atoms with E-state index in [1.54, 1.807) is 25.5 Å². The van der Waals surface area contributed by atoms with Crippen LogP contribution in [0.2, 0.25) is 0 Å². The molecule has 0 aliphatic carbocycles. The highest BCUT2D eigenvalue weighted by atomic mass is 16.6. The number of carbonyl (C=O) groups is 2. The number of aryl methyl sites for hydroxylation is 1. The van der Waals surface area contributed by atoms with E-state index in [1.165, 1.54) is 5.56 Å². The second kappa shape index (κ2) is 10.1. The van der Waals surface area contributed by atoms with Crippen LogP contribution < -0.4 is 10.6 Å². The molecular formula is C21H30N4O4. The predicted molar refractivity (Wildman–Crippen MR) is 111 cm³/mol. The summed E-state index contributed by atoms with van der Waals surface area (Å²) in [5, 5.41) is 13.2. The number of aliphatic hydroxyl groups excluding tert-OH is 1. The molecule has 2 amide bonds. The molecule has 0 unspecified atom stereocenters. The van der Waals surface area contributed by atoms with Crippen LogP contribution in [0.3, 0.4) is 0 Å². The van der Waals surface area contributed by atoms with Gasteiger partial charge in [0.1, 0.15) is 0 Å². The number of anilines is 1. The number of rotatable bonds is 4. The molecular weight excluding hydrogens is 372 g/mol. The smallest absolute Gasteiger partial charge is 0.404 e. The fourth-order valence-electron chi connectivity index (χ4n) is 3.38. The van der Waals surface area contributed by atoms with Crippen LogP contribution in [0.1, 0.15) is 39.7 Å². The lowest BCUT2D eigenvalue weighted by Crippen LogP contribution is -2.40. The van der Waals surface area contributed by atoms with Crippen molar-refractivity contribution < 1.29 is 19.4 Å². The Hall–Kier alpha value is -2.87. The molecule has 1 aromatic heterocycles. The maximum absolute atomic E-state index is 11.9. The Balaban J connectivity index is 0.000000370. The van der Waals surface area contributed by atoms with Gasteiger partial charge in [-0.15, -0.1) is 0 Å². The second-order valence-corrected chi connectivity index (χ2v) is 7.32. The van der Waals surface area contributed by atoms with E-state index in [1.807, 2.05) is 29.4 Å². The number of carbonyl (C=O) groups excluding carboxylic acids is 2. The first-order valence-electron chi connectivity index (χ1n) is 9.75. The summed E-state index contributed by atoms with van der Waals surface area (Å²) in [5.41, 5.74) is 9.00. The highest BCUT2D eigenvalue weighted by molar-refractivity contribution is 5.94. The largest absolute Gasteiger partial charge is 0.447 e. The number of hydrogen-bond donors (Lipinski definition) is 2. The number of fused-ring (bicyclic) bond motifs is 1. The Bertz CT molecular complexity index is 847. The molecule has 3 N–H and O–H groups in total. The number of aliphatic hydroxyl groups is 1. The van der Waals surface area contributed by atoms with Crippen molar-refractivity contribution in [3.05, 3.63) is 36.2 Å². The zero-order chi connectivity index (χ0) is 21.6. The molecule has 0 fully saturated rings. The van der Waals surface area contributed by atoms with Crippen LogP contribution in [-0.4, -0.2) is 45.6 Å². The van der Waals surface area contributed by atoms with Gasteiger partial charge < -0.3 is 20.5 Å². The van der Waals surface area contributed by atoms with E-state index in [4.69, 9.17) is 5.11 Å². The Kier molecular flexibility index (Phi) is 7.78.